The van der Waals surface area contributed by atoms with Crippen LogP contribution in [0.4, 0.5) is 0 Å². The van der Waals surface area contributed by atoms with Crippen LogP contribution in [0, 0.1) is 0 Å². The number of hydrogen-bond acceptors (Lipinski definition) is 4. The topological polar surface area (TPSA) is 67.9 Å². The van der Waals surface area contributed by atoms with Crippen molar-refractivity contribution >= 4 is 11.8 Å². The number of rotatable bonds is 6. The number of carbonyl (C=O) groups is 2. The third kappa shape index (κ3) is 3.06. The maximum absolute atomic E-state index is 12.9. The van der Waals surface area contributed by atoms with E-state index in [-0.39, 0.29) is 11.8 Å². The summed E-state index contributed by atoms with van der Waals surface area (Å²) in [5.41, 5.74) is -1.49. The van der Waals surface area contributed by atoms with Gasteiger partial charge in [0, 0.05) is 13.7 Å². The van der Waals surface area contributed by atoms with E-state index in [2.05, 4.69) is 5.32 Å². The Labute approximate surface area is 126 Å². The quantitative estimate of drug-likeness (QED) is 0.733. The van der Waals surface area contributed by atoms with Gasteiger partial charge in [-0.1, -0.05) is 12.8 Å². The SMILES string of the molecule is COCCOCCN1C(=O)C2(CCCC2)NC(=O)C1(C)C. The molecule has 0 unspecified atom stereocenters. The van der Waals surface area contributed by atoms with Crippen LogP contribution in [-0.2, 0) is 19.1 Å². The zero-order valence-electron chi connectivity index (χ0n) is 13.2. The van der Waals surface area contributed by atoms with Crippen molar-refractivity contribution in [1.82, 2.24) is 10.2 Å². The number of methoxy groups -OCH3 is 1. The van der Waals surface area contributed by atoms with E-state index in [1.54, 1.807) is 25.9 Å². The molecule has 1 saturated heterocycles. The fourth-order valence-electron chi connectivity index (χ4n) is 3.16. The smallest absolute Gasteiger partial charge is 0.249 e. The summed E-state index contributed by atoms with van der Waals surface area (Å²) in [5.74, 6) is -0.0270. The molecule has 2 fully saturated rings. The van der Waals surface area contributed by atoms with Gasteiger partial charge in [-0.15, -0.1) is 0 Å². The summed E-state index contributed by atoms with van der Waals surface area (Å²) in [6.07, 6.45) is 3.47. The highest BCUT2D eigenvalue weighted by Gasteiger charge is 2.55. The highest BCUT2D eigenvalue weighted by atomic mass is 16.5. The van der Waals surface area contributed by atoms with Crippen LogP contribution < -0.4 is 5.32 Å². The summed E-state index contributed by atoms with van der Waals surface area (Å²) in [6, 6.07) is 0. The molecule has 21 heavy (non-hydrogen) atoms. The zero-order valence-corrected chi connectivity index (χ0v) is 13.2. The molecule has 6 heteroatoms. The van der Waals surface area contributed by atoms with Crippen molar-refractivity contribution in [2.24, 2.45) is 0 Å². The molecule has 1 saturated carbocycles. The summed E-state index contributed by atoms with van der Waals surface area (Å²) >= 11 is 0. The first kappa shape index (κ1) is 16.2. The van der Waals surface area contributed by atoms with E-state index < -0.39 is 11.1 Å². The van der Waals surface area contributed by atoms with E-state index >= 15 is 0 Å². The third-order valence-electron chi connectivity index (χ3n) is 4.59. The van der Waals surface area contributed by atoms with E-state index in [0.717, 1.165) is 25.7 Å². The van der Waals surface area contributed by atoms with Gasteiger partial charge in [-0.05, 0) is 26.7 Å². The van der Waals surface area contributed by atoms with Crippen LogP contribution in [0.15, 0.2) is 0 Å². The van der Waals surface area contributed by atoms with Gasteiger partial charge in [0.1, 0.15) is 11.1 Å². The lowest BCUT2D eigenvalue weighted by molar-refractivity contribution is -0.161. The summed E-state index contributed by atoms with van der Waals surface area (Å²) in [7, 11) is 1.62. The number of carbonyl (C=O) groups excluding carboxylic acids is 2. The van der Waals surface area contributed by atoms with Gasteiger partial charge in [0.05, 0.1) is 19.8 Å². The van der Waals surface area contributed by atoms with Crippen LogP contribution >= 0.6 is 0 Å². The van der Waals surface area contributed by atoms with E-state index in [4.69, 9.17) is 9.47 Å². The van der Waals surface area contributed by atoms with Gasteiger partial charge in [-0.2, -0.15) is 0 Å². The minimum absolute atomic E-state index is 0.0416. The van der Waals surface area contributed by atoms with Gasteiger partial charge in [-0.25, -0.2) is 0 Å². The Balaban J connectivity index is 2.04. The molecule has 120 valence electrons. The molecule has 6 nitrogen and oxygen atoms in total. The highest BCUT2D eigenvalue weighted by molar-refractivity contribution is 6.02. The fraction of sp³-hybridized carbons (Fsp3) is 0.867. The monoisotopic (exact) mass is 298 g/mol. The lowest BCUT2D eigenvalue weighted by Crippen LogP contribution is -2.73. The molecular weight excluding hydrogens is 272 g/mol. The molecule has 2 amide bonds. The summed E-state index contributed by atoms with van der Waals surface area (Å²) < 4.78 is 10.4. The van der Waals surface area contributed by atoms with Crippen LogP contribution in [0.3, 0.4) is 0 Å². The number of amides is 2. The van der Waals surface area contributed by atoms with Crippen LogP contribution in [0.5, 0.6) is 0 Å². The summed E-state index contributed by atoms with van der Waals surface area (Å²) in [6.45, 7) is 5.46. The van der Waals surface area contributed by atoms with Gasteiger partial charge in [-0.3, -0.25) is 9.59 Å². The maximum Gasteiger partial charge on any atom is 0.249 e. The van der Waals surface area contributed by atoms with Crippen LogP contribution in [0.1, 0.15) is 39.5 Å². The van der Waals surface area contributed by atoms with Crippen molar-refractivity contribution in [3.63, 3.8) is 0 Å². The minimum Gasteiger partial charge on any atom is -0.382 e. The number of nitrogens with one attached hydrogen (secondary N) is 1. The van der Waals surface area contributed by atoms with E-state index in [9.17, 15) is 9.59 Å². The molecular formula is C15H26N2O4. The Kier molecular flexibility index (Phi) is 4.88. The molecule has 1 N–H and O–H groups in total. The van der Waals surface area contributed by atoms with Crippen molar-refractivity contribution in [2.45, 2.75) is 50.6 Å². The fourth-order valence-corrected chi connectivity index (χ4v) is 3.16. The number of ether oxygens (including phenoxy) is 2. The highest BCUT2D eigenvalue weighted by Crippen LogP contribution is 2.37. The molecule has 0 aromatic heterocycles. The first-order valence-electron chi connectivity index (χ1n) is 7.65. The molecule has 1 aliphatic carbocycles. The van der Waals surface area contributed by atoms with Crippen molar-refractivity contribution < 1.29 is 19.1 Å². The molecule has 0 bridgehead atoms. The van der Waals surface area contributed by atoms with E-state index in [1.807, 2.05) is 0 Å². The Bertz CT molecular complexity index is 402. The molecule has 0 atom stereocenters. The van der Waals surface area contributed by atoms with Crippen LogP contribution in [-0.4, -0.2) is 61.3 Å². The van der Waals surface area contributed by atoms with Gasteiger partial charge in [0.15, 0.2) is 0 Å². The first-order chi connectivity index (χ1) is 9.94. The predicted molar refractivity (Wildman–Crippen MR) is 77.8 cm³/mol. The second kappa shape index (κ2) is 6.32. The second-order valence-corrected chi connectivity index (χ2v) is 6.36. The average Bonchev–Trinajstić information content (AvgIpc) is 2.90. The van der Waals surface area contributed by atoms with Crippen molar-refractivity contribution in [3.05, 3.63) is 0 Å². The van der Waals surface area contributed by atoms with Crippen LogP contribution in [0.25, 0.3) is 0 Å². The molecule has 1 aliphatic heterocycles. The molecule has 2 aliphatic rings. The third-order valence-corrected chi connectivity index (χ3v) is 4.59. The van der Waals surface area contributed by atoms with Gasteiger partial charge in [0.2, 0.25) is 11.8 Å². The Morgan fingerprint density at radius 2 is 1.81 bits per heavy atom. The normalized spacial score (nSPS) is 23.7. The summed E-state index contributed by atoms with van der Waals surface area (Å²) in [5, 5.41) is 2.98. The minimum atomic E-state index is -0.824. The van der Waals surface area contributed by atoms with Crippen LogP contribution in [0.2, 0.25) is 0 Å². The maximum atomic E-state index is 12.9. The molecule has 0 aromatic carbocycles. The van der Waals surface area contributed by atoms with E-state index in [1.165, 1.54) is 0 Å². The molecule has 2 rings (SSSR count). The van der Waals surface area contributed by atoms with Crippen molar-refractivity contribution in [1.29, 1.82) is 0 Å². The Hall–Kier alpha value is -1.14. The van der Waals surface area contributed by atoms with Gasteiger partial charge in [0.25, 0.3) is 0 Å². The van der Waals surface area contributed by atoms with Crippen molar-refractivity contribution in [2.75, 3.05) is 33.5 Å². The Morgan fingerprint density at radius 1 is 1.14 bits per heavy atom. The second-order valence-electron chi connectivity index (χ2n) is 6.36. The van der Waals surface area contributed by atoms with Crippen molar-refractivity contribution in [3.8, 4) is 0 Å². The molecule has 0 aromatic rings. The molecule has 0 radical (unpaired) electrons. The lowest BCUT2D eigenvalue weighted by Gasteiger charge is -2.48. The number of piperazine rings is 1. The van der Waals surface area contributed by atoms with E-state index in [0.29, 0.717) is 26.4 Å². The predicted octanol–water partition coefficient (Wildman–Crippen LogP) is 0.699. The largest absolute Gasteiger partial charge is 0.382 e. The Morgan fingerprint density at radius 3 is 2.43 bits per heavy atom. The average molecular weight is 298 g/mol. The number of hydrogen-bond donors (Lipinski definition) is 1. The zero-order chi connectivity index (χ0) is 15.5. The molecule has 1 heterocycles. The first-order valence-corrected chi connectivity index (χ1v) is 7.65. The number of nitrogens with zero attached hydrogens (tertiary/aromatic N) is 1. The standard InChI is InChI=1S/C15H26N2O4/c1-14(2)12(18)16-15(6-4-5-7-15)13(19)17(14)8-9-21-11-10-20-3/h4-11H2,1-3H3,(H,16,18). The molecule has 1 spiro atoms. The summed E-state index contributed by atoms with van der Waals surface area (Å²) in [4.78, 5) is 26.9. The lowest BCUT2D eigenvalue weighted by atomic mass is 9.86. The van der Waals surface area contributed by atoms with Gasteiger partial charge < -0.3 is 19.7 Å². The van der Waals surface area contributed by atoms with Gasteiger partial charge >= 0.3 is 0 Å².